The smallest absolute Gasteiger partial charge is 0.343 e. The number of hydrogen-bond donors (Lipinski definition) is 1. The molecule has 1 aliphatic rings. The molecule has 0 aliphatic carbocycles. The van der Waals surface area contributed by atoms with E-state index in [1.165, 1.54) is 0 Å². The van der Waals surface area contributed by atoms with Gasteiger partial charge in [-0.05, 0) is 47.9 Å². The first kappa shape index (κ1) is 22.7. The van der Waals surface area contributed by atoms with Gasteiger partial charge in [0.05, 0.1) is 16.3 Å². The number of ether oxygens (including phenoxy) is 1. The Bertz CT molecular complexity index is 1520. The number of benzene rings is 4. The third-order valence-electron chi connectivity index (χ3n) is 5.46. The minimum Gasteiger partial charge on any atom is -0.422 e. The van der Waals surface area contributed by atoms with Crippen LogP contribution in [-0.2, 0) is 9.59 Å². The molecule has 0 spiro atoms. The van der Waals surface area contributed by atoms with E-state index in [1.807, 2.05) is 36.4 Å². The van der Waals surface area contributed by atoms with Gasteiger partial charge in [-0.15, -0.1) is 0 Å². The molecule has 5 rings (SSSR count). The highest BCUT2D eigenvalue weighted by atomic mass is 35.5. The Kier molecular flexibility index (Phi) is 5.99. The van der Waals surface area contributed by atoms with Crippen molar-refractivity contribution in [3.8, 4) is 5.75 Å². The molecule has 0 atom stereocenters. The van der Waals surface area contributed by atoms with Crippen LogP contribution in [0.2, 0.25) is 5.02 Å². The van der Waals surface area contributed by atoms with E-state index in [0.717, 1.165) is 15.7 Å². The molecule has 0 saturated carbocycles. The molecule has 35 heavy (non-hydrogen) atoms. The summed E-state index contributed by atoms with van der Waals surface area (Å²) in [4.78, 5) is 39.2. The van der Waals surface area contributed by atoms with Crippen LogP contribution in [0, 0.1) is 0 Å². The molecule has 6 nitrogen and oxygen atoms in total. The van der Waals surface area contributed by atoms with Gasteiger partial charge in [-0.2, -0.15) is 0 Å². The lowest BCUT2D eigenvalue weighted by molar-refractivity contribution is -0.120. The second-order valence-corrected chi connectivity index (χ2v) is 8.44. The van der Waals surface area contributed by atoms with Crippen LogP contribution in [0.25, 0.3) is 10.8 Å². The van der Waals surface area contributed by atoms with E-state index in [0.29, 0.717) is 17.0 Å². The number of imide groups is 1. The molecule has 1 aliphatic heterocycles. The number of anilines is 2. The summed E-state index contributed by atoms with van der Waals surface area (Å²) in [6.45, 7) is 0. The fourth-order valence-electron chi connectivity index (χ4n) is 3.74. The van der Waals surface area contributed by atoms with Crippen molar-refractivity contribution in [2.75, 3.05) is 10.2 Å². The maximum absolute atomic E-state index is 12.9. The van der Waals surface area contributed by atoms with Crippen molar-refractivity contribution in [1.29, 1.82) is 0 Å². The predicted octanol–water partition coefficient (Wildman–Crippen LogP) is 6.15. The summed E-state index contributed by atoms with van der Waals surface area (Å²) in [5, 5.41) is 4.65. The Morgan fingerprint density at radius 1 is 0.771 bits per heavy atom. The maximum Gasteiger partial charge on any atom is 0.343 e. The van der Waals surface area contributed by atoms with E-state index < -0.39 is 17.8 Å². The lowest BCUT2D eigenvalue weighted by atomic mass is 10.1. The van der Waals surface area contributed by atoms with E-state index in [-0.39, 0.29) is 21.4 Å². The Labute approximate surface area is 210 Å². The molecule has 0 saturated heterocycles. The molecule has 1 heterocycles. The van der Waals surface area contributed by atoms with Crippen LogP contribution >= 0.6 is 23.2 Å². The molecule has 8 heteroatoms. The highest BCUT2D eigenvalue weighted by Crippen LogP contribution is 2.34. The summed E-state index contributed by atoms with van der Waals surface area (Å²) in [6.07, 6.45) is 0. The van der Waals surface area contributed by atoms with Crippen LogP contribution in [0.1, 0.15) is 10.4 Å². The molecule has 0 bridgehead atoms. The van der Waals surface area contributed by atoms with Gasteiger partial charge in [0, 0.05) is 11.1 Å². The van der Waals surface area contributed by atoms with E-state index >= 15 is 0 Å². The number of carbonyl (C=O) groups is 3. The van der Waals surface area contributed by atoms with Crippen molar-refractivity contribution >= 4 is 63.1 Å². The summed E-state index contributed by atoms with van der Waals surface area (Å²) >= 11 is 12.3. The van der Waals surface area contributed by atoms with Gasteiger partial charge in [0.15, 0.2) is 0 Å². The third-order valence-corrected chi connectivity index (χ3v) is 6.13. The van der Waals surface area contributed by atoms with Gasteiger partial charge >= 0.3 is 5.97 Å². The fourth-order valence-corrected chi connectivity index (χ4v) is 4.17. The van der Waals surface area contributed by atoms with E-state index in [4.69, 9.17) is 27.9 Å². The number of rotatable bonds is 5. The monoisotopic (exact) mass is 502 g/mol. The number of nitrogens with one attached hydrogen (secondary N) is 1. The minimum atomic E-state index is -0.678. The van der Waals surface area contributed by atoms with Crippen molar-refractivity contribution in [3.63, 3.8) is 0 Å². The second-order valence-electron chi connectivity index (χ2n) is 7.66. The molecule has 0 unspecified atom stereocenters. The van der Waals surface area contributed by atoms with Gasteiger partial charge in [0.1, 0.15) is 16.5 Å². The number of fused-ring (bicyclic) bond motifs is 1. The van der Waals surface area contributed by atoms with Crippen molar-refractivity contribution in [2.24, 2.45) is 0 Å². The first-order valence-electron chi connectivity index (χ1n) is 10.5. The first-order chi connectivity index (χ1) is 16.9. The lowest BCUT2D eigenvalue weighted by Crippen LogP contribution is -2.32. The summed E-state index contributed by atoms with van der Waals surface area (Å²) in [5.74, 6) is -1.38. The Morgan fingerprint density at radius 2 is 1.46 bits per heavy atom. The van der Waals surface area contributed by atoms with Crippen molar-refractivity contribution in [2.45, 2.75) is 0 Å². The topological polar surface area (TPSA) is 75.7 Å². The zero-order chi connectivity index (χ0) is 24.5. The third kappa shape index (κ3) is 4.25. The molecular formula is C27H16Cl2N2O4. The largest absolute Gasteiger partial charge is 0.422 e. The second kappa shape index (κ2) is 9.25. The van der Waals surface area contributed by atoms with Gasteiger partial charge in [0.2, 0.25) is 0 Å². The Hall–Kier alpha value is -4.13. The van der Waals surface area contributed by atoms with Gasteiger partial charge in [-0.25, -0.2) is 9.69 Å². The fraction of sp³-hybridized carbons (Fsp3) is 0. The van der Waals surface area contributed by atoms with Crippen LogP contribution in [0.15, 0.2) is 102 Å². The zero-order valence-electron chi connectivity index (χ0n) is 18.0. The number of esters is 1. The van der Waals surface area contributed by atoms with Crippen molar-refractivity contribution < 1.29 is 19.1 Å². The molecule has 0 aromatic heterocycles. The summed E-state index contributed by atoms with van der Waals surface area (Å²) in [7, 11) is 0. The molecule has 0 fully saturated rings. The van der Waals surface area contributed by atoms with Crippen LogP contribution < -0.4 is 15.0 Å². The highest BCUT2D eigenvalue weighted by molar-refractivity contribution is 6.53. The van der Waals surface area contributed by atoms with Crippen molar-refractivity contribution in [3.05, 3.63) is 112 Å². The van der Waals surface area contributed by atoms with Crippen molar-refractivity contribution in [1.82, 2.24) is 0 Å². The minimum absolute atomic E-state index is 0.0809. The van der Waals surface area contributed by atoms with Crippen LogP contribution in [0.4, 0.5) is 11.4 Å². The Balaban J connectivity index is 1.33. The molecule has 0 radical (unpaired) electrons. The Morgan fingerprint density at radius 3 is 2.23 bits per heavy atom. The maximum atomic E-state index is 12.9. The average molecular weight is 503 g/mol. The first-order valence-corrected chi connectivity index (χ1v) is 11.3. The zero-order valence-corrected chi connectivity index (χ0v) is 19.5. The summed E-state index contributed by atoms with van der Waals surface area (Å²) < 4.78 is 5.60. The predicted molar refractivity (Wildman–Crippen MR) is 136 cm³/mol. The average Bonchev–Trinajstić information content (AvgIpc) is 3.08. The lowest BCUT2D eigenvalue weighted by Gasteiger charge is -2.16. The van der Waals surface area contributed by atoms with Crippen LogP contribution in [-0.4, -0.2) is 17.8 Å². The van der Waals surface area contributed by atoms with E-state index in [9.17, 15) is 14.4 Å². The number of amides is 2. The number of halogens is 2. The number of hydrogen-bond acceptors (Lipinski definition) is 5. The molecular weight excluding hydrogens is 487 g/mol. The number of para-hydroxylation sites is 1. The number of carbonyl (C=O) groups excluding carboxylic acids is 3. The van der Waals surface area contributed by atoms with Crippen LogP contribution in [0.5, 0.6) is 5.75 Å². The van der Waals surface area contributed by atoms with Gasteiger partial charge in [-0.3, -0.25) is 9.59 Å². The standard InChI is InChI=1S/C27H16Cl2N2O4/c28-20-9-3-4-10-21(20)31-25(32)23(29)24(26(31)33)30-18-14-12-17(13-15-18)27(34)35-22-11-5-7-16-6-1-2-8-19(16)22/h1-15,30H. The van der Waals surface area contributed by atoms with Gasteiger partial charge in [-0.1, -0.05) is 71.7 Å². The summed E-state index contributed by atoms with van der Waals surface area (Å²) in [6, 6.07) is 25.9. The van der Waals surface area contributed by atoms with Gasteiger partial charge in [0.25, 0.3) is 11.8 Å². The van der Waals surface area contributed by atoms with E-state index in [2.05, 4.69) is 5.32 Å². The molecule has 4 aromatic rings. The van der Waals surface area contributed by atoms with Gasteiger partial charge < -0.3 is 10.1 Å². The molecule has 4 aromatic carbocycles. The summed E-state index contributed by atoms with van der Waals surface area (Å²) in [5.41, 5.74) is 0.936. The molecule has 172 valence electrons. The molecule has 1 N–H and O–H groups in total. The SMILES string of the molecule is O=C(Oc1cccc2ccccc12)c1ccc(NC2=C(Cl)C(=O)N(c3ccccc3Cl)C2=O)cc1. The van der Waals surface area contributed by atoms with Crippen LogP contribution in [0.3, 0.4) is 0 Å². The molecule has 2 amide bonds. The quantitative estimate of drug-likeness (QED) is 0.201. The normalized spacial score (nSPS) is 13.5. The highest BCUT2D eigenvalue weighted by Gasteiger charge is 2.39. The van der Waals surface area contributed by atoms with E-state index in [1.54, 1.807) is 54.6 Å². The number of nitrogens with zero attached hydrogens (tertiary/aromatic N) is 1.